The summed E-state index contributed by atoms with van der Waals surface area (Å²) in [6, 6.07) is 5.83. The van der Waals surface area contributed by atoms with Crippen LogP contribution >= 0.6 is 0 Å². The summed E-state index contributed by atoms with van der Waals surface area (Å²) in [6.45, 7) is 9.04. The Hall–Kier alpha value is -1.27. The second-order valence-corrected chi connectivity index (χ2v) is 6.86. The Morgan fingerprint density at radius 1 is 1.04 bits per heavy atom. The van der Waals surface area contributed by atoms with Gasteiger partial charge in [0, 0.05) is 18.6 Å². The first-order valence-corrected chi connectivity index (χ1v) is 7.85. The van der Waals surface area contributed by atoms with E-state index in [1.165, 1.54) is 12.1 Å². The molecule has 0 radical (unpaired) electrons. The molecule has 130 valence electrons. The van der Waals surface area contributed by atoms with Crippen LogP contribution in [0.1, 0.15) is 39.2 Å². The van der Waals surface area contributed by atoms with Gasteiger partial charge in [0.25, 0.3) is 0 Å². The molecule has 3 nitrogen and oxygen atoms in total. The minimum absolute atomic E-state index is 0.180. The lowest BCUT2D eigenvalue weighted by Gasteiger charge is -2.40. The summed E-state index contributed by atoms with van der Waals surface area (Å²) in [5, 5.41) is 0. The lowest BCUT2D eigenvalue weighted by molar-refractivity contribution is -0.274. The van der Waals surface area contributed by atoms with Gasteiger partial charge in [-0.2, -0.15) is 0 Å². The number of nitrogens with zero attached hydrogens (tertiary/aromatic N) is 1. The fourth-order valence-corrected chi connectivity index (χ4v) is 2.69. The van der Waals surface area contributed by atoms with Crippen molar-refractivity contribution in [2.24, 2.45) is 0 Å². The second kappa shape index (κ2) is 7.09. The van der Waals surface area contributed by atoms with E-state index in [1.807, 2.05) is 0 Å². The average Bonchev–Trinajstić information content (AvgIpc) is 2.44. The molecule has 1 heterocycles. The van der Waals surface area contributed by atoms with Gasteiger partial charge in [-0.3, -0.25) is 4.90 Å². The molecule has 0 saturated carbocycles. The first kappa shape index (κ1) is 18.1. The van der Waals surface area contributed by atoms with E-state index in [1.54, 1.807) is 12.1 Å². The third-order valence-electron chi connectivity index (χ3n) is 4.03. The van der Waals surface area contributed by atoms with Crippen LogP contribution in [-0.4, -0.2) is 36.0 Å². The van der Waals surface area contributed by atoms with Crippen molar-refractivity contribution in [2.45, 2.75) is 58.2 Å². The lowest BCUT2D eigenvalue weighted by Crippen LogP contribution is -2.47. The summed E-state index contributed by atoms with van der Waals surface area (Å²) in [5.41, 5.74) is 1.03. The summed E-state index contributed by atoms with van der Waals surface area (Å²) in [5.74, 6) is -0.209. The van der Waals surface area contributed by atoms with Gasteiger partial charge in [0.1, 0.15) is 5.75 Å². The Bertz CT molecular complexity index is 486. The van der Waals surface area contributed by atoms with Gasteiger partial charge in [-0.05, 0) is 51.3 Å². The van der Waals surface area contributed by atoms with Crippen LogP contribution in [0.25, 0.3) is 0 Å². The van der Waals surface area contributed by atoms with Crippen LogP contribution in [-0.2, 0) is 11.3 Å². The molecule has 6 heteroatoms. The van der Waals surface area contributed by atoms with Gasteiger partial charge in [-0.15, -0.1) is 13.2 Å². The molecule has 0 unspecified atom stereocenters. The van der Waals surface area contributed by atoms with E-state index in [0.29, 0.717) is 6.61 Å². The molecule has 1 aromatic carbocycles. The SMILES string of the molecule is CC(C)(C)N1CCC(OCc2ccc(OC(F)(F)F)cc2)CC1. The Kier molecular flexibility index (Phi) is 5.57. The molecule has 0 amide bonds. The van der Waals surface area contributed by atoms with Crippen molar-refractivity contribution in [1.82, 2.24) is 4.90 Å². The number of hydrogen-bond acceptors (Lipinski definition) is 3. The zero-order chi connectivity index (χ0) is 17.1. The van der Waals surface area contributed by atoms with Crippen molar-refractivity contribution in [3.8, 4) is 5.75 Å². The minimum atomic E-state index is -4.65. The normalized spacial score (nSPS) is 18.2. The minimum Gasteiger partial charge on any atom is -0.406 e. The number of hydrogen-bond donors (Lipinski definition) is 0. The van der Waals surface area contributed by atoms with Gasteiger partial charge in [0.15, 0.2) is 0 Å². The molecule has 1 aliphatic rings. The van der Waals surface area contributed by atoms with E-state index in [2.05, 4.69) is 30.4 Å². The standard InChI is InChI=1S/C17H24F3NO2/c1-16(2,3)21-10-8-14(9-11-21)22-12-13-4-6-15(7-5-13)23-17(18,19)20/h4-7,14H,8-12H2,1-3H3. The number of likely N-dealkylation sites (tertiary alicyclic amines) is 1. The first-order chi connectivity index (χ1) is 10.6. The van der Waals surface area contributed by atoms with Crippen LogP contribution in [0, 0.1) is 0 Å². The molecule has 0 atom stereocenters. The maximum Gasteiger partial charge on any atom is 0.573 e. The van der Waals surface area contributed by atoms with Crippen molar-refractivity contribution in [3.63, 3.8) is 0 Å². The molecule has 1 aromatic rings. The summed E-state index contributed by atoms with van der Waals surface area (Å²) in [6.07, 6.45) is -2.49. The predicted molar refractivity (Wildman–Crippen MR) is 82.3 cm³/mol. The quantitative estimate of drug-likeness (QED) is 0.818. The van der Waals surface area contributed by atoms with Crippen molar-refractivity contribution >= 4 is 0 Å². The highest BCUT2D eigenvalue weighted by Crippen LogP contribution is 2.24. The molecule has 0 bridgehead atoms. The Morgan fingerprint density at radius 3 is 2.09 bits per heavy atom. The molecule has 1 fully saturated rings. The number of rotatable bonds is 4. The highest BCUT2D eigenvalue weighted by Gasteiger charge is 2.31. The maximum atomic E-state index is 12.1. The molecule has 1 saturated heterocycles. The number of benzene rings is 1. The molecule has 1 aliphatic heterocycles. The number of piperidine rings is 1. The van der Waals surface area contributed by atoms with E-state index in [9.17, 15) is 13.2 Å². The van der Waals surface area contributed by atoms with Gasteiger partial charge in [-0.1, -0.05) is 12.1 Å². The fourth-order valence-electron chi connectivity index (χ4n) is 2.69. The maximum absolute atomic E-state index is 12.1. The van der Waals surface area contributed by atoms with Crippen molar-refractivity contribution in [2.75, 3.05) is 13.1 Å². The summed E-state index contributed by atoms with van der Waals surface area (Å²) in [7, 11) is 0. The van der Waals surface area contributed by atoms with Gasteiger partial charge in [-0.25, -0.2) is 0 Å². The molecule has 0 spiro atoms. The van der Waals surface area contributed by atoms with Crippen LogP contribution < -0.4 is 4.74 Å². The van der Waals surface area contributed by atoms with E-state index in [0.717, 1.165) is 31.5 Å². The molecule has 2 rings (SSSR count). The smallest absolute Gasteiger partial charge is 0.406 e. The number of ether oxygens (including phenoxy) is 2. The second-order valence-electron chi connectivity index (χ2n) is 6.86. The largest absolute Gasteiger partial charge is 0.573 e. The van der Waals surface area contributed by atoms with Crippen LogP contribution in [0.4, 0.5) is 13.2 Å². The van der Waals surface area contributed by atoms with Gasteiger partial charge < -0.3 is 9.47 Å². The molecule has 23 heavy (non-hydrogen) atoms. The van der Waals surface area contributed by atoms with E-state index < -0.39 is 6.36 Å². The van der Waals surface area contributed by atoms with E-state index >= 15 is 0 Å². The monoisotopic (exact) mass is 331 g/mol. The third kappa shape index (κ3) is 6.03. The summed E-state index contributed by atoms with van der Waals surface area (Å²) in [4.78, 5) is 2.44. The van der Waals surface area contributed by atoms with E-state index in [4.69, 9.17) is 4.74 Å². The number of halogens is 3. The lowest BCUT2D eigenvalue weighted by atomic mass is 9.99. The molecular weight excluding hydrogens is 307 g/mol. The van der Waals surface area contributed by atoms with Gasteiger partial charge in [0.05, 0.1) is 12.7 Å². The molecule has 0 aliphatic carbocycles. The van der Waals surface area contributed by atoms with Crippen LogP contribution in [0.2, 0.25) is 0 Å². The van der Waals surface area contributed by atoms with Crippen molar-refractivity contribution < 1.29 is 22.6 Å². The molecule has 0 aromatic heterocycles. The van der Waals surface area contributed by atoms with Crippen molar-refractivity contribution in [3.05, 3.63) is 29.8 Å². The first-order valence-electron chi connectivity index (χ1n) is 7.85. The van der Waals surface area contributed by atoms with Crippen LogP contribution in [0.5, 0.6) is 5.75 Å². The van der Waals surface area contributed by atoms with Gasteiger partial charge in [0.2, 0.25) is 0 Å². The average molecular weight is 331 g/mol. The van der Waals surface area contributed by atoms with E-state index in [-0.39, 0.29) is 17.4 Å². The summed E-state index contributed by atoms with van der Waals surface area (Å²) < 4.78 is 46.0. The zero-order valence-electron chi connectivity index (χ0n) is 13.8. The fraction of sp³-hybridized carbons (Fsp3) is 0.647. The predicted octanol–water partition coefficient (Wildman–Crippen LogP) is 4.36. The Balaban J connectivity index is 1.77. The van der Waals surface area contributed by atoms with Crippen molar-refractivity contribution in [1.29, 1.82) is 0 Å². The molecular formula is C17H24F3NO2. The molecule has 0 N–H and O–H groups in total. The van der Waals surface area contributed by atoms with Gasteiger partial charge >= 0.3 is 6.36 Å². The Morgan fingerprint density at radius 2 is 1.61 bits per heavy atom. The van der Waals surface area contributed by atoms with Crippen LogP contribution in [0.3, 0.4) is 0 Å². The topological polar surface area (TPSA) is 21.7 Å². The zero-order valence-corrected chi connectivity index (χ0v) is 13.8. The summed E-state index contributed by atoms with van der Waals surface area (Å²) >= 11 is 0. The highest BCUT2D eigenvalue weighted by atomic mass is 19.4. The number of alkyl halides is 3. The van der Waals surface area contributed by atoms with Crippen LogP contribution in [0.15, 0.2) is 24.3 Å². The third-order valence-corrected chi connectivity index (χ3v) is 4.03. The highest BCUT2D eigenvalue weighted by molar-refractivity contribution is 5.27. The Labute approximate surface area is 135 Å².